The SMILES string of the molecule is CN(C1CC1)S(=O)(=O)c1scc(N=C(N)C(N)=N[C@@H](c2ccco2)C(C)(C)C)c1O. The van der Waals surface area contributed by atoms with Gasteiger partial charge in [-0.15, -0.1) is 11.3 Å². The van der Waals surface area contributed by atoms with Gasteiger partial charge in [0, 0.05) is 18.5 Å². The summed E-state index contributed by atoms with van der Waals surface area (Å²) in [7, 11) is -2.28. The monoisotopic (exact) mass is 453 g/mol. The molecule has 0 spiro atoms. The lowest BCUT2D eigenvalue weighted by Gasteiger charge is -2.25. The Bertz CT molecular complexity index is 1060. The van der Waals surface area contributed by atoms with Crippen molar-refractivity contribution in [1.29, 1.82) is 0 Å². The number of rotatable bonds is 6. The van der Waals surface area contributed by atoms with Crippen LogP contribution in [0.2, 0.25) is 0 Å². The van der Waals surface area contributed by atoms with E-state index >= 15 is 0 Å². The average molecular weight is 454 g/mol. The summed E-state index contributed by atoms with van der Waals surface area (Å²) in [5, 5.41) is 11.9. The molecule has 0 aliphatic heterocycles. The highest BCUT2D eigenvalue weighted by Crippen LogP contribution is 2.42. The molecule has 0 aromatic carbocycles. The third-order valence-electron chi connectivity index (χ3n) is 4.79. The normalized spacial score (nSPS) is 17.5. The first-order chi connectivity index (χ1) is 13.9. The lowest BCUT2D eigenvalue weighted by Crippen LogP contribution is -2.33. The van der Waals surface area contributed by atoms with Crippen molar-refractivity contribution in [2.75, 3.05) is 7.05 Å². The van der Waals surface area contributed by atoms with E-state index < -0.39 is 21.8 Å². The molecule has 9 nitrogen and oxygen atoms in total. The van der Waals surface area contributed by atoms with Crippen molar-refractivity contribution in [3.8, 4) is 5.75 Å². The van der Waals surface area contributed by atoms with Gasteiger partial charge in [0.15, 0.2) is 21.6 Å². The molecule has 1 saturated carbocycles. The zero-order valence-corrected chi connectivity index (χ0v) is 19.0. The first kappa shape index (κ1) is 22.3. The fraction of sp³-hybridized carbons (Fsp3) is 0.474. The van der Waals surface area contributed by atoms with Crippen LogP contribution in [0.1, 0.15) is 45.4 Å². The van der Waals surface area contributed by atoms with E-state index in [9.17, 15) is 13.5 Å². The van der Waals surface area contributed by atoms with E-state index in [-0.39, 0.29) is 33.0 Å². The second kappa shape index (κ2) is 8.05. The van der Waals surface area contributed by atoms with Gasteiger partial charge in [-0.3, -0.25) is 4.99 Å². The zero-order valence-electron chi connectivity index (χ0n) is 17.4. The van der Waals surface area contributed by atoms with Crippen molar-refractivity contribution in [2.24, 2.45) is 26.9 Å². The largest absolute Gasteiger partial charge is 0.504 e. The fourth-order valence-corrected chi connectivity index (χ4v) is 5.67. The number of aliphatic imine (C=N–C) groups is 2. The highest BCUT2D eigenvalue weighted by molar-refractivity contribution is 7.91. The minimum Gasteiger partial charge on any atom is -0.504 e. The number of amidine groups is 2. The summed E-state index contributed by atoms with van der Waals surface area (Å²) in [6, 6.07) is 3.15. The topological polar surface area (TPSA) is 148 Å². The zero-order chi connectivity index (χ0) is 22.3. The molecule has 30 heavy (non-hydrogen) atoms. The lowest BCUT2D eigenvalue weighted by molar-refractivity contribution is 0.287. The Morgan fingerprint density at radius 1 is 1.33 bits per heavy atom. The molecular weight excluding hydrogens is 426 g/mol. The molecule has 0 bridgehead atoms. The maximum atomic E-state index is 12.7. The van der Waals surface area contributed by atoms with Gasteiger partial charge in [-0.05, 0) is 30.4 Å². The molecule has 1 atom stereocenters. The molecule has 2 aromatic rings. The van der Waals surface area contributed by atoms with Crippen LogP contribution in [0.15, 0.2) is 42.4 Å². The van der Waals surface area contributed by atoms with Crippen LogP contribution in [0.5, 0.6) is 5.75 Å². The predicted octanol–water partition coefficient (Wildman–Crippen LogP) is 2.96. The molecule has 0 saturated heterocycles. The molecule has 3 rings (SSSR count). The number of nitrogens with zero attached hydrogens (tertiary/aromatic N) is 3. The van der Waals surface area contributed by atoms with E-state index in [1.54, 1.807) is 18.4 Å². The minimum atomic E-state index is -3.79. The van der Waals surface area contributed by atoms with Gasteiger partial charge in [0.2, 0.25) is 0 Å². The Balaban J connectivity index is 1.90. The summed E-state index contributed by atoms with van der Waals surface area (Å²) in [6.07, 6.45) is 3.19. The second-order valence-electron chi connectivity index (χ2n) is 8.30. The average Bonchev–Trinajstić information content (AvgIpc) is 3.24. The van der Waals surface area contributed by atoms with Gasteiger partial charge >= 0.3 is 0 Å². The molecule has 2 heterocycles. The summed E-state index contributed by atoms with van der Waals surface area (Å²) >= 11 is 0.889. The molecule has 0 amide bonds. The maximum absolute atomic E-state index is 12.7. The summed E-state index contributed by atoms with van der Waals surface area (Å²) in [6.45, 7) is 5.97. The van der Waals surface area contributed by atoms with Crippen molar-refractivity contribution in [1.82, 2.24) is 4.31 Å². The van der Waals surface area contributed by atoms with Crippen LogP contribution in [0, 0.1) is 5.41 Å². The molecule has 0 unspecified atom stereocenters. The van der Waals surface area contributed by atoms with Crippen LogP contribution in [-0.2, 0) is 10.0 Å². The van der Waals surface area contributed by atoms with Crippen LogP contribution in [0.25, 0.3) is 0 Å². The van der Waals surface area contributed by atoms with Crippen molar-refractivity contribution in [3.63, 3.8) is 0 Å². The van der Waals surface area contributed by atoms with Crippen LogP contribution in [-0.4, -0.2) is 42.6 Å². The highest BCUT2D eigenvalue weighted by Gasteiger charge is 2.37. The number of thiophene rings is 1. The molecule has 1 aliphatic rings. The Morgan fingerprint density at radius 2 is 2.00 bits per heavy atom. The molecule has 164 valence electrons. The van der Waals surface area contributed by atoms with E-state index in [4.69, 9.17) is 15.9 Å². The van der Waals surface area contributed by atoms with Crippen LogP contribution in [0.4, 0.5) is 5.69 Å². The first-order valence-corrected chi connectivity index (χ1v) is 11.7. The van der Waals surface area contributed by atoms with Crippen molar-refractivity contribution in [3.05, 3.63) is 29.5 Å². The number of hydrogen-bond acceptors (Lipinski definition) is 7. The molecule has 1 aliphatic carbocycles. The molecule has 2 aromatic heterocycles. The molecule has 0 radical (unpaired) electrons. The van der Waals surface area contributed by atoms with Gasteiger partial charge in [0.25, 0.3) is 10.0 Å². The number of nitrogens with two attached hydrogens (primary N) is 2. The highest BCUT2D eigenvalue weighted by atomic mass is 32.2. The Labute approximate surface area is 180 Å². The number of hydrogen-bond donors (Lipinski definition) is 3. The molecule has 1 fully saturated rings. The van der Waals surface area contributed by atoms with Crippen molar-refractivity contribution >= 4 is 38.7 Å². The molecular formula is C19H27N5O4S2. The van der Waals surface area contributed by atoms with E-state index in [2.05, 4.69) is 9.98 Å². The predicted molar refractivity (Wildman–Crippen MR) is 118 cm³/mol. The number of furan rings is 1. The van der Waals surface area contributed by atoms with Gasteiger partial charge in [-0.1, -0.05) is 20.8 Å². The van der Waals surface area contributed by atoms with Gasteiger partial charge in [0.05, 0.1) is 6.26 Å². The van der Waals surface area contributed by atoms with Gasteiger partial charge < -0.3 is 21.0 Å². The van der Waals surface area contributed by atoms with E-state index in [0.717, 1.165) is 24.2 Å². The van der Waals surface area contributed by atoms with Crippen molar-refractivity contribution in [2.45, 2.75) is 49.9 Å². The van der Waals surface area contributed by atoms with Crippen LogP contribution in [0.3, 0.4) is 0 Å². The Kier molecular flexibility index (Phi) is 5.99. The maximum Gasteiger partial charge on any atom is 0.256 e. The third-order valence-corrected chi connectivity index (χ3v) is 8.18. The third kappa shape index (κ3) is 4.52. The fourth-order valence-electron chi connectivity index (χ4n) is 2.88. The quantitative estimate of drug-likeness (QED) is 0.452. The summed E-state index contributed by atoms with van der Waals surface area (Å²) in [5.74, 6) is 0.0367. The standard InChI is InChI=1S/C19H27N5O4S2/c1-19(2,3)15(13-6-5-9-28-13)23-17(21)16(20)22-12-10-29-18(14(12)25)30(26,27)24(4)11-7-8-11/h5-6,9-11,15,25H,7-8H2,1-4H3,(H2,20,22)(H2,21,23)/t15-/m0/s1. The molecule has 5 N–H and O–H groups in total. The number of sulfonamides is 1. The van der Waals surface area contributed by atoms with E-state index in [0.29, 0.717) is 5.76 Å². The molecule has 11 heteroatoms. The minimum absolute atomic E-state index is 0.0211. The Morgan fingerprint density at radius 3 is 2.53 bits per heavy atom. The van der Waals surface area contributed by atoms with Gasteiger partial charge in [-0.25, -0.2) is 13.4 Å². The number of aromatic hydroxyl groups is 1. The van der Waals surface area contributed by atoms with Gasteiger partial charge in [-0.2, -0.15) is 4.31 Å². The summed E-state index contributed by atoms with van der Waals surface area (Å²) in [5.41, 5.74) is 11.8. The first-order valence-electron chi connectivity index (χ1n) is 9.42. The van der Waals surface area contributed by atoms with E-state index in [1.807, 2.05) is 20.8 Å². The second-order valence-corrected chi connectivity index (χ2v) is 11.4. The smallest absolute Gasteiger partial charge is 0.256 e. The summed E-state index contributed by atoms with van der Waals surface area (Å²) < 4.78 is 32.0. The lowest BCUT2D eigenvalue weighted by atomic mass is 9.85. The van der Waals surface area contributed by atoms with Crippen LogP contribution < -0.4 is 11.5 Å². The Hall–Kier alpha value is -2.37. The summed E-state index contributed by atoms with van der Waals surface area (Å²) in [4.78, 5) is 8.59. The van der Waals surface area contributed by atoms with Gasteiger partial charge in [0.1, 0.15) is 17.5 Å². The van der Waals surface area contributed by atoms with E-state index in [1.165, 1.54) is 16.7 Å². The van der Waals surface area contributed by atoms with Crippen LogP contribution >= 0.6 is 11.3 Å². The van der Waals surface area contributed by atoms with Crippen molar-refractivity contribution < 1.29 is 17.9 Å².